The number of carbonyl (C=O) groups is 2. The van der Waals surface area contributed by atoms with Crippen molar-refractivity contribution in [1.82, 2.24) is 4.90 Å². The van der Waals surface area contributed by atoms with E-state index in [-0.39, 0.29) is 11.7 Å². The van der Waals surface area contributed by atoms with Gasteiger partial charge in [0.1, 0.15) is 5.54 Å². The van der Waals surface area contributed by atoms with E-state index in [4.69, 9.17) is 0 Å². The maximum absolute atomic E-state index is 11.8. The molecule has 4 heteroatoms. The van der Waals surface area contributed by atoms with E-state index in [1.165, 1.54) is 12.2 Å². The first-order valence-electron chi connectivity index (χ1n) is 4.56. The molecule has 0 saturated carbocycles. The number of hydrogen-bond acceptors (Lipinski definition) is 2. The highest BCUT2D eigenvalue weighted by Crippen LogP contribution is 2.40. The minimum absolute atomic E-state index is 0.0109. The molecular weight excluding hydrogens is 305 g/mol. The molecule has 0 bridgehead atoms. The molecule has 0 N–H and O–H groups in total. The molecule has 15 heavy (non-hydrogen) atoms. The smallest absolute Gasteiger partial charge is 0.261 e. The van der Waals surface area contributed by atoms with Crippen molar-refractivity contribution in [2.24, 2.45) is 0 Å². The molecule has 1 spiro atoms. The van der Waals surface area contributed by atoms with Crippen LogP contribution in [0, 0.1) is 0 Å². The van der Waals surface area contributed by atoms with Gasteiger partial charge in [-0.15, -0.1) is 0 Å². The summed E-state index contributed by atoms with van der Waals surface area (Å²) in [5.41, 5.74) is 0.470. The zero-order valence-electron chi connectivity index (χ0n) is 8.45. The van der Waals surface area contributed by atoms with Crippen molar-refractivity contribution in [3.8, 4) is 0 Å². The van der Waals surface area contributed by atoms with Crippen molar-refractivity contribution in [2.75, 3.05) is 7.05 Å². The Morgan fingerprint density at radius 1 is 1.27 bits per heavy atom. The summed E-state index contributed by atoms with van der Waals surface area (Å²) in [6.07, 6.45) is 6.60. The van der Waals surface area contributed by atoms with E-state index < -0.39 is 5.54 Å². The molecule has 1 aliphatic carbocycles. The van der Waals surface area contributed by atoms with Crippen molar-refractivity contribution < 1.29 is 9.59 Å². The molecular formula is C11H10INO2. The van der Waals surface area contributed by atoms with E-state index in [9.17, 15) is 9.59 Å². The Kier molecular flexibility index (Phi) is 2.33. The van der Waals surface area contributed by atoms with Gasteiger partial charge in [-0.3, -0.25) is 9.59 Å². The maximum atomic E-state index is 11.8. The fraction of sp³-hybridized carbons (Fsp3) is 0.273. The number of amides is 1. The number of likely N-dealkylation sites (N-methyl/N-ethyl adjacent to an activating group) is 1. The lowest BCUT2D eigenvalue weighted by Crippen LogP contribution is -2.43. The van der Waals surface area contributed by atoms with E-state index in [2.05, 4.69) is 22.6 Å². The van der Waals surface area contributed by atoms with Crippen molar-refractivity contribution in [2.45, 2.75) is 12.5 Å². The highest BCUT2D eigenvalue weighted by Gasteiger charge is 2.44. The number of allylic oxidation sites excluding steroid dienone is 2. The molecule has 0 aromatic heterocycles. The summed E-state index contributed by atoms with van der Waals surface area (Å²) in [6.45, 7) is 1.92. The Morgan fingerprint density at radius 2 is 1.80 bits per heavy atom. The summed E-state index contributed by atoms with van der Waals surface area (Å²) in [5.74, 6) is -0.0204. The lowest BCUT2D eigenvalue weighted by Gasteiger charge is -2.33. The molecule has 2 aliphatic rings. The van der Waals surface area contributed by atoms with Gasteiger partial charge in [-0.25, -0.2) is 0 Å². The summed E-state index contributed by atoms with van der Waals surface area (Å²) in [7, 11) is 1.75. The number of halogens is 1. The summed E-state index contributed by atoms with van der Waals surface area (Å²) in [6, 6.07) is 0. The summed E-state index contributed by atoms with van der Waals surface area (Å²) in [4.78, 5) is 24.5. The van der Waals surface area contributed by atoms with Crippen LogP contribution >= 0.6 is 22.6 Å². The van der Waals surface area contributed by atoms with Gasteiger partial charge in [0.25, 0.3) is 5.91 Å². The molecule has 0 fully saturated rings. The first-order valence-corrected chi connectivity index (χ1v) is 5.64. The van der Waals surface area contributed by atoms with Crippen LogP contribution in [0.4, 0.5) is 0 Å². The van der Waals surface area contributed by atoms with Crippen LogP contribution in [0.2, 0.25) is 0 Å². The molecule has 1 aliphatic heterocycles. The van der Waals surface area contributed by atoms with Crippen LogP contribution in [0.5, 0.6) is 0 Å². The largest absolute Gasteiger partial charge is 0.325 e. The lowest BCUT2D eigenvalue weighted by atomic mass is 9.87. The van der Waals surface area contributed by atoms with Crippen LogP contribution in [0.15, 0.2) is 33.5 Å². The zero-order chi connectivity index (χ0) is 11.2. The number of hydrogen-bond donors (Lipinski definition) is 0. The van der Waals surface area contributed by atoms with Crippen molar-refractivity contribution in [3.05, 3.63) is 33.5 Å². The minimum atomic E-state index is -0.512. The Bertz CT molecular complexity index is 430. The lowest BCUT2D eigenvalue weighted by molar-refractivity contribution is -0.125. The molecule has 0 radical (unpaired) electrons. The van der Waals surface area contributed by atoms with Gasteiger partial charge in [-0.1, -0.05) is 0 Å². The Labute approximate surface area is 102 Å². The van der Waals surface area contributed by atoms with Crippen LogP contribution in [0.1, 0.15) is 6.92 Å². The van der Waals surface area contributed by atoms with Crippen molar-refractivity contribution in [3.63, 3.8) is 0 Å². The predicted octanol–water partition coefficient (Wildman–Crippen LogP) is 1.60. The van der Waals surface area contributed by atoms with Crippen LogP contribution in [0.25, 0.3) is 0 Å². The van der Waals surface area contributed by atoms with E-state index in [0.29, 0.717) is 0 Å². The quantitative estimate of drug-likeness (QED) is 0.637. The van der Waals surface area contributed by atoms with Crippen molar-refractivity contribution in [1.29, 1.82) is 0 Å². The van der Waals surface area contributed by atoms with Crippen LogP contribution in [-0.4, -0.2) is 29.2 Å². The number of ketones is 1. The number of rotatable bonds is 0. The molecule has 0 atom stereocenters. The van der Waals surface area contributed by atoms with E-state index >= 15 is 0 Å². The maximum Gasteiger partial charge on any atom is 0.261 e. The predicted molar refractivity (Wildman–Crippen MR) is 65.5 cm³/mol. The molecule has 3 nitrogen and oxygen atoms in total. The summed E-state index contributed by atoms with van der Waals surface area (Å²) >= 11 is 2.05. The monoisotopic (exact) mass is 315 g/mol. The summed E-state index contributed by atoms with van der Waals surface area (Å²) in [5, 5.41) is 0. The second kappa shape index (κ2) is 3.30. The second-order valence-electron chi connectivity index (χ2n) is 3.70. The van der Waals surface area contributed by atoms with Crippen molar-refractivity contribution >= 4 is 34.3 Å². The normalized spacial score (nSPS) is 23.5. The number of nitrogens with zero attached hydrogens (tertiary/aromatic N) is 1. The first-order chi connectivity index (χ1) is 6.99. The molecule has 1 heterocycles. The van der Waals surface area contributed by atoms with E-state index in [0.717, 1.165) is 9.15 Å². The number of carbonyl (C=O) groups excluding carboxylic acids is 2. The summed E-state index contributed by atoms with van der Waals surface area (Å²) < 4.78 is 0.735. The highest BCUT2D eigenvalue weighted by atomic mass is 127. The molecule has 0 aromatic carbocycles. The molecule has 0 aromatic rings. The molecule has 1 amide bonds. The van der Waals surface area contributed by atoms with Gasteiger partial charge in [0, 0.05) is 7.05 Å². The third kappa shape index (κ3) is 1.31. The first kappa shape index (κ1) is 10.6. The Hall–Kier alpha value is -0.910. The van der Waals surface area contributed by atoms with Gasteiger partial charge >= 0.3 is 0 Å². The van der Waals surface area contributed by atoms with Gasteiger partial charge in [0.2, 0.25) is 0 Å². The second-order valence-corrected chi connectivity index (χ2v) is 4.78. The average Bonchev–Trinajstić information content (AvgIpc) is 2.39. The standard InChI is InChI=1S/C11H10INO2/c1-7-9(12)10(15)13(2)11(7)5-3-8(14)4-6-11/h3-6H,1-2H3. The van der Waals surface area contributed by atoms with Gasteiger partial charge in [0.05, 0.1) is 3.58 Å². The molecule has 78 valence electrons. The van der Waals surface area contributed by atoms with Gasteiger partial charge < -0.3 is 4.90 Å². The minimum Gasteiger partial charge on any atom is -0.325 e. The van der Waals surface area contributed by atoms with Gasteiger partial charge in [0.15, 0.2) is 5.78 Å². The van der Waals surface area contributed by atoms with Crippen LogP contribution < -0.4 is 0 Å². The molecule has 0 unspecified atom stereocenters. The fourth-order valence-electron chi connectivity index (χ4n) is 1.91. The zero-order valence-corrected chi connectivity index (χ0v) is 10.6. The third-order valence-corrected chi connectivity index (χ3v) is 4.25. The Balaban J connectivity index is 2.55. The fourth-order valence-corrected chi connectivity index (χ4v) is 2.70. The Morgan fingerprint density at radius 3 is 2.20 bits per heavy atom. The average molecular weight is 315 g/mol. The van der Waals surface area contributed by atoms with E-state index in [1.807, 2.05) is 6.92 Å². The molecule has 2 rings (SSSR count). The van der Waals surface area contributed by atoms with Crippen LogP contribution in [0.3, 0.4) is 0 Å². The van der Waals surface area contributed by atoms with Gasteiger partial charge in [-0.2, -0.15) is 0 Å². The SMILES string of the molecule is CC1=C(I)C(=O)N(C)C12C=CC(=O)C=C2. The topological polar surface area (TPSA) is 37.4 Å². The van der Waals surface area contributed by atoms with E-state index in [1.54, 1.807) is 24.1 Å². The highest BCUT2D eigenvalue weighted by molar-refractivity contribution is 14.1. The van der Waals surface area contributed by atoms with Crippen LogP contribution in [-0.2, 0) is 9.59 Å². The third-order valence-electron chi connectivity index (χ3n) is 2.98. The molecule has 0 saturated heterocycles. The van der Waals surface area contributed by atoms with Gasteiger partial charge in [-0.05, 0) is 59.4 Å².